The molecule has 1 amide bonds. The van der Waals surface area contributed by atoms with Gasteiger partial charge in [-0.25, -0.2) is 14.6 Å². The van der Waals surface area contributed by atoms with E-state index in [0.717, 1.165) is 48.7 Å². The van der Waals surface area contributed by atoms with Crippen LogP contribution >= 0.6 is 0 Å². The number of aromatic nitrogens is 5. The summed E-state index contributed by atoms with van der Waals surface area (Å²) in [6.07, 6.45) is 0.389. The van der Waals surface area contributed by atoms with E-state index < -0.39 is 24.3 Å². The summed E-state index contributed by atoms with van der Waals surface area (Å²) in [6, 6.07) is 5.28. The fourth-order valence-electron chi connectivity index (χ4n) is 5.11. The van der Waals surface area contributed by atoms with Gasteiger partial charge in [-0.1, -0.05) is 0 Å². The van der Waals surface area contributed by atoms with Crippen LogP contribution in [0.25, 0.3) is 16.6 Å². The summed E-state index contributed by atoms with van der Waals surface area (Å²) < 4.78 is 67.1. The molecule has 4 heterocycles. The van der Waals surface area contributed by atoms with E-state index in [2.05, 4.69) is 36.7 Å². The second-order valence-corrected chi connectivity index (χ2v) is 11.3. The number of aliphatic carboxylic acids is 2. The Kier molecular flexibility index (Phi) is 11.0. The van der Waals surface area contributed by atoms with E-state index in [4.69, 9.17) is 25.5 Å². The predicted octanol–water partition coefficient (Wildman–Crippen LogP) is 3.62. The van der Waals surface area contributed by atoms with Crippen molar-refractivity contribution in [3.05, 3.63) is 47.7 Å². The zero-order valence-electron chi connectivity index (χ0n) is 26.1. The molecule has 0 atom stereocenters. The zero-order chi connectivity index (χ0) is 36.3. The van der Waals surface area contributed by atoms with Crippen LogP contribution < -0.4 is 21.3 Å². The van der Waals surface area contributed by atoms with Crippen LogP contribution in [0.5, 0.6) is 0 Å². The summed E-state index contributed by atoms with van der Waals surface area (Å²) >= 11 is 0. The molecule has 0 radical (unpaired) electrons. The number of piperidine rings is 1. The lowest BCUT2D eigenvalue weighted by Crippen LogP contribution is -2.43. The minimum absolute atomic E-state index is 0.241. The first-order valence-corrected chi connectivity index (χ1v) is 14.8. The summed E-state index contributed by atoms with van der Waals surface area (Å²) in [7, 11) is 1.89. The molecular weight excluding hydrogens is 668 g/mol. The Morgan fingerprint density at radius 3 is 2.02 bits per heavy atom. The molecule has 2 fully saturated rings. The highest BCUT2D eigenvalue weighted by atomic mass is 19.4. The van der Waals surface area contributed by atoms with Gasteiger partial charge in [0.05, 0.1) is 23.1 Å². The normalized spacial score (nSPS) is 15.3. The molecule has 3 aromatic heterocycles. The van der Waals surface area contributed by atoms with Crippen molar-refractivity contribution in [3.8, 4) is 0 Å². The quantitative estimate of drug-likeness (QED) is 0.185. The smallest absolute Gasteiger partial charge is 0.475 e. The highest BCUT2D eigenvalue weighted by molar-refractivity contribution is 6.13. The van der Waals surface area contributed by atoms with Crippen molar-refractivity contribution in [1.29, 1.82) is 0 Å². The standard InChI is InChI=1S/C25H31N9O.2C2HF3O2/c1-15-12-34-14-22(29-24(34)20(11-26)27-15)30-25(35)18-5-6-21(19-13-32(2)31-23(18)19)33-9-7-17(8-10-33)28-16-3-4-16;2*3-2(4,5)1(6)7/h5-6,12-14,16-17,28H,3-4,7-11,26H2,1-2H3,(H,30,35);2*(H,6,7). The van der Waals surface area contributed by atoms with Crippen molar-refractivity contribution < 1.29 is 50.9 Å². The van der Waals surface area contributed by atoms with Gasteiger partial charge in [0, 0.05) is 62.2 Å². The first kappa shape index (κ1) is 36.8. The number of nitrogens with zero attached hydrogens (tertiary/aromatic N) is 6. The topological polar surface area (TPSA) is 193 Å². The van der Waals surface area contributed by atoms with Gasteiger partial charge in [-0.2, -0.15) is 31.4 Å². The molecule has 6 N–H and O–H groups in total. The van der Waals surface area contributed by atoms with Crippen LogP contribution in [0.1, 0.15) is 47.4 Å². The number of hydrogen-bond acceptors (Lipinski definition) is 9. The first-order chi connectivity index (χ1) is 22.9. The Labute approximate surface area is 273 Å². The Morgan fingerprint density at radius 2 is 1.49 bits per heavy atom. The number of anilines is 2. The number of fused-ring (bicyclic) bond motifs is 2. The molecule has 6 rings (SSSR count). The Hall–Kier alpha value is -4.98. The maximum atomic E-state index is 13.3. The molecule has 1 saturated heterocycles. The van der Waals surface area contributed by atoms with Crippen LogP contribution in [-0.4, -0.2) is 89.7 Å². The minimum Gasteiger partial charge on any atom is -0.475 e. The van der Waals surface area contributed by atoms with Crippen LogP contribution in [0.15, 0.2) is 30.7 Å². The van der Waals surface area contributed by atoms with Gasteiger partial charge >= 0.3 is 24.3 Å². The van der Waals surface area contributed by atoms with Crippen LogP contribution in [-0.2, 0) is 23.2 Å². The number of nitrogens with one attached hydrogen (secondary N) is 2. The van der Waals surface area contributed by atoms with Crippen molar-refractivity contribution in [1.82, 2.24) is 29.5 Å². The average Bonchev–Trinajstić information content (AvgIpc) is 3.60. The Morgan fingerprint density at radius 1 is 0.918 bits per heavy atom. The number of carbonyl (C=O) groups is 3. The van der Waals surface area contributed by atoms with E-state index in [0.29, 0.717) is 34.3 Å². The first-order valence-electron chi connectivity index (χ1n) is 14.8. The van der Waals surface area contributed by atoms with E-state index >= 15 is 0 Å². The number of rotatable bonds is 6. The molecule has 1 aromatic carbocycles. The largest absolute Gasteiger partial charge is 0.490 e. The monoisotopic (exact) mass is 701 g/mol. The third kappa shape index (κ3) is 9.56. The second kappa shape index (κ2) is 14.6. The molecule has 1 saturated carbocycles. The molecule has 266 valence electrons. The number of halogens is 6. The van der Waals surface area contributed by atoms with E-state index in [9.17, 15) is 31.1 Å². The number of alkyl halides is 6. The zero-order valence-corrected chi connectivity index (χ0v) is 26.1. The van der Waals surface area contributed by atoms with Gasteiger partial charge in [0.25, 0.3) is 5.91 Å². The Bertz CT molecular complexity index is 1800. The Balaban J connectivity index is 0.000000327. The van der Waals surface area contributed by atoms with Crippen LogP contribution in [0.4, 0.5) is 37.8 Å². The van der Waals surface area contributed by atoms with E-state index in [1.165, 1.54) is 12.8 Å². The maximum absolute atomic E-state index is 13.3. The van der Waals surface area contributed by atoms with Crippen LogP contribution in [0, 0.1) is 6.92 Å². The summed E-state index contributed by atoms with van der Waals surface area (Å²) in [6.45, 7) is 4.18. The summed E-state index contributed by atoms with van der Waals surface area (Å²) in [5.41, 5.74) is 10.4. The second-order valence-electron chi connectivity index (χ2n) is 11.3. The maximum Gasteiger partial charge on any atom is 0.490 e. The van der Waals surface area contributed by atoms with Crippen molar-refractivity contribution in [3.63, 3.8) is 0 Å². The highest BCUT2D eigenvalue weighted by Gasteiger charge is 2.39. The molecule has 14 nitrogen and oxygen atoms in total. The number of nitrogens with two attached hydrogens (primary N) is 1. The lowest BCUT2D eigenvalue weighted by atomic mass is 10.0. The number of benzene rings is 1. The summed E-state index contributed by atoms with van der Waals surface area (Å²) in [5, 5.41) is 26.6. The van der Waals surface area contributed by atoms with Gasteiger partial charge in [0.15, 0.2) is 11.5 Å². The van der Waals surface area contributed by atoms with Gasteiger partial charge in [-0.15, -0.1) is 0 Å². The number of aryl methyl sites for hydroxylation is 2. The lowest BCUT2D eigenvalue weighted by Gasteiger charge is -2.34. The predicted molar refractivity (Wildman–Crippen MR) is 163 cm³/mol. The summed E-state index contributed by atoms with van der Waals surface area (Å²) in [5.74, 6) is -5.30. The number of amides is 1. The molecule has 0 spiro atoms. The molecular formula is C29H33F6N9O5. The number of hydrogen-bond donors (Lipinski definition) is 5. The van der Waals surface area contributed by atoms with E-state index in [1.54, 1.807) is 10.9 Å². The third-order valence-corrected chi connectivity index (χ3v) is 7.44. The van der Waals surface area contributed by atoms with E-state index in [-0.39, 0.29) is 12.5 Å². The molecule has 1 aliphatic heterocycles. The SMILES string of the molecule is Cc1cn2cc(NC(=O)c3ccc(N4CCC(NC5CC5)CC4)c4cn(C)nc34)nc2c(CN)n1.O=C(O)C(F)(F)F.O=C(O)C(F)(F)F. The van der Waals surface area contributed by atoms with Crippen molar-refractivity contribution >= 4 is 45.9 Å². The highest BCUT2D eigenvalue weighted by Crippen LogP contribution is 2.32. The van der Waals surface area contributed by atoms with Crippen molar-refractivity contribution in [2.24, 2.45) is 12.8 Å². The third-order valence-electron chi connectivity index (χ3n) is 7.44. The average molecular weight is 702 g/mol. The molecule has 4 aromatic rings. The lowest BCUT2D eigenvalue weighted by molar-refractivity contribution is -0.193. The fraction of sp³-hybridized carbons (Fsp3) is 0.448. The van der Waals surface area contributed by atoms with Gasteiger partial charge < -0.3 is 35.9 Å². The molecule has 1 aliphatic carbocycles. The number of carbonyl (C=O) groups excluding carboxylic acids is 1. The molecule has 20 heteroatoms. The number of carboxylic acid groups (broad SMARTS) is 2. The molecule has 49 heavy (non-hydrogen) atoms. The molecule has 2 aliphatic rings. The molecule has 0 unspecified atom stereocenters. The van der Waals surface area contributed by atoms with Gasteiger partial charge in [-0.3, -0.25) is 14.5 Å². The minimum atomic E-state index is -5.08. The van der Waals surface area contributed by atoms with E-state index in [1.807, 2.05) is 36.8 Å². The van der Waals surface area contributed by atoms with Crippen LogP contribution in [0.3, 0.4) is 0 Å². The van der Waals surface area contributed by atoms with Crippen LogP contribution in [0.2, 0.25) is 0 Å². The van der Waals surface area contributed by atoms with Crippen molar-refractivity contribution in [2.45, 2.75) is 63.6 Å². The fourth-order valence-corrected chi connectivity index (χ4v) is 5.11. The van der Waals surface area contributed by atoms with Crippen molar-refractivity contribution in [2.75, 3.05) is 23.3 Å². The van der Waals surface area contributed by atoms with Gasteiger partial charge in [0.1, 0.15) is 5.52 Å². The van der Waals surface area contributed by atoms with Gasteiger partial charge in [-0.05, 0) is 44.7 Å². The summed E-state index contributed by atoms with van der Waals surface area (Å²) in [4.78, 5) is 42.5. The van der Waals surface area contributed by atoms with Gasteiger partial charge in [0.2, 0.25) is 0 Å². The number of imidazole rings is 1. The number of carboxylic acids is 2. The molecule has 0 bridgehead atoms.